The smallest absolute Gasteiger partial charge is 0.266 e. The minimum absolute atomic E-state index is 0.0151. The third-order valence-corrected chi connectivity index (χ3v) is 6.64. The number of sulfonamides is 1. The molecule has 0 saturated heterocycles. The van der Waals surface area contributed by atoms with E-state index in [1.807, 2.05) is 0 Å². The fraction of sp³-hybridized carbons (Fsp3) is 0.188. The van der Waals surface area contributed by atoms with Gasteiger partial charge in [-0.2, -0.15) is 0 Å². The lowest BCUT2D eigenvalue weighted by Crippen LogP contribution is -2.49. The van der Waals surface area contributed by atoms with Gasteiger partial charge in [0, 0.05) is 5.02 Å². The van der Waals surface area contributed by atoms with Crippen LogP contribution in [0.4, 0.5) is 11.4 Å². The monoisotopic (exact) mass is 384 g/mol. The van der Waals surface area contributed by atoms with Crippen molar-refractivity contribution in [3.05, 3.63) is 52.0 Å². The van der Waals surface area contributed by atoms with Crippen molar-refractivity contribution in [2.75, 3.05) is 9.62 Å². The average Bonchev–Trinajstić information content (AvgIpc) is 2.51. The molecule has 2 aromatic carbocycles. The van der Waals surface area contributed by atoms with Crippen LogP contribution in [0, 0.1) is 6.92 Å². The largest absolute Gasteiger partial charge is 0.322 e. The van der Waals surface area contributed by atoms with E-state index in [1.54, 1.807) is 31.2 Å². The number of hydrogen-bond donors (Lipinski definition) is 1. The van der Waals surface area contributed by atoms with Crippen molar-refractivity contribution in [2.24, 2.45) is 0 Å². The summed E-state index contributed by atoms with van der Waals surface area (Å²) in [6.07, 6.45) is 0. The van der Waals surface area contributed by atoms with Crippen molar-refractivity contribution in [3.63, 3.8) is 0 Å². The second-order valence-electron chi connectivity index (χ2n) is 5.52. The third kappa shape index (κ3) is 2.64. The third-order valence-electron chi connectivity index (χ3n) is 3.88. The molecule has 1 atom stereocenters. The van der Waals surface area contributed by atoms with Gasteiger partial charge in [-0.1, -0.05) is 35.3 Å². The van der Waals surface area contributed by atoms with E-state index in [4.69, 9.17) is 23.2 Å². The molecule has 0 aromatic heterocycles. The molecular formula is C16H14Cl2N2O3S. The molecule has 126 valence electrons. The lowest BCUT2D eigenvalue weighted by molar-refractivity contribution is -0.117. The Morgan fingerprint density at radius 2 is 1.79 bits per heavy atom. The van der Waals surface area contributed by atoms with Gasteiger partial charge in [-0.25, -0.2) is 8.42 Å². The van der Waals surface area contributed by atoms with Crippen LogP contribution in [0.2, 0.25) is 10.0 Å². The number of halogens is 2. The van der Waals surface area contributed by atoms with Crippen molar-refractivity contribution < 1.29 is 13.2 Å². The van der Waals surface area contributed by atoms with E-state index in [-0.39, 0.29) is 9.92 Å². The number of carbonyl (C=O) groups excluding carboxylic acids is 1. The molecule has 1 amide bonds. The highest BCUT2D eigenvalue weighted by Crippen LogP contribution is 2.38. The van der Waals surface area contributed by atoms with Gasteiger partial charge in [-0.15, -0.1) is 0 Å². The molecule has 1 aliphatic heterocycles. The zero-order valence-corrected chi connectivity index (χ0v) is 15.2. The Balaban J connectivity index is 2.23. The zero-order valence-electron chi connectivity index (χ0n) is 12.9. The van der Waals surface area contributed by atoms with Gasteiger partial charge in [0.25, 0.3) is 10.0 Å². The molecule has 24 heavy (non-hydrogen) atoms. The average molecular weight is 385 g/mol. The topological polar surface area (TPSA) is 66.5 Å². The molecule has 0 spiro atoms. The summed E-state index contributed by atoms with van der Waals surface area (Å²) in [5, 5.41) is 3.09. The van der Waals surface area contributed by atoms with Crippen molar-refractivity contribution in [3.8, 4) is 0 Å². The Bertz CT molecular complexity index is 944. The van der Waals surface area contributed by atoms with Gasteiger partial charge in [-0.05, 0) is 43.7 Å². The summed E-state index contributed by atoms with van der Waals surface area (Å²) in [6, 6.07) is 8.63. The zero-order chi connectivity index (χ0) is 17.6. The van der Waals surface area contributed by atoms with E-state index in [0.717, 1.165) is 4.31 Å². The first kappa shape index (κ1) is 17.1. The molecule has 1 N–H and O–H groups in total. The maximum atomic E-state index is 13.2. The van der Waals surface area contributed by atoms with E-state index in [1.165, 1.54) is 19.1 Å². The number of rotatable bonds is 2. The van der Waals surface area contributed by atoms with Gasteiger partial charge in [0.05, 0.1) is 16.4 Å². The van der Waals surface area contributed by atoms with E-state index in [0.29, 0.717) is 22.0 Å². The molecule has 0 radical (unpaired) electrons. The number of benzene rings is 2. The molecule has 3 rings (SSSR count). The number of carbonyl (C=O) groups is 1. The highest BCUT2D eigenvalue weighted by atomic mass is 35.5. The van der Waals surface area contributed by atoms with Crippen LogP contribution in [-0.2, 0) is 14.8 Å². The fourth-order valence-corrected chi connectivity index (χ4v) is 5.04. The number of anilines is 2. The molecule has 0 bridgehead atoms. The number of fused-ring (bicyclic) bond motifs is 1. The molecule has 1 aliphatic rings. The van der Waals surface area contributed by atoms with E-state index in [9.17, 15) is 13.2 Å². The maximum Gasteiger partial charge on any atom is 0.266 e. The summed E-state index contributed by atoms with van der Waals surface area (Å²) in [5.74, 6) is -0.404. The number of para-hydroxylation sites is 2. The lowest BCUT2D eigenvalue weighted by Gasteiger charge is -2.35. The fourth-order valence-electron chi connectivity index (χ4n) is 2.60. The molecular weight excluding hydrogens is 371 g/mol. The van der Waals surface area contributed by atoms with Gasteiger partial charge < -0.3 is 5.32 Å². The summed E-state index contributed by atoms with van der Waals surface area (Å²) >= 11 is 12.1. The van der Waals surface area contributed by atoms with Crippen molar-refractivity contribution in [1.29, 1.82) is 0 Å². The highest BCUT2D eigenvalue weighted by Gasteiger charge is 2.39. The van der Waals surface area contributed by atoms with E-state index in [2.05, 4.69) is 5.32 Å². The van der Waals surface area contributed by atoms with Crippen LogP contribution < -0.4 is 9.62 Å². The Labute approximate surface area is 150 Å². The van der Waals surface area contributed by atoms with Crippen molar-refractivity contribution >= 4 is 50.5 Å². The van der Waals surface area contributed by atoms with Crippen LogP contribution in [0.5, 0.6) is 0 Å². The normalized spacial score (nSPS) is 17.4. The summed E-state index contributed by atoms with van der Waals surface area (Å²) in [5.41, 5.74) is 1.42. The Kier molecular flexibility index (Phi) is 4.23. The second kappa shape index (κ2) is 5.95. The van der Waals surface area contributed by atoms with Gasteiger partial charge in [0.1, 0.15) is 10.9 Å². The Morgan fingerprint density at radius 1 is 1.12 bits per heavy atom. The van der Waals surface area contributed by atoms with Crippen molar-refractivity contribution in [1.82, 2.24) is 0 Å². The molecule has 2 aromatic rings. The standard InChI is InChI=1S/C16H14Cl2N2O3S/c1-9-7-15(12(18)8-11(9)17)24(22,23)20-10(2)16(21)19-13-5-3-4-6-14(13)20/h3-8,10H,1-2H3,(H,19,21). The first-order valence-electron chi connectivity index (χ1n) is 7.13. The van der Waals surface area contributed by atoms with E-state index >= 15 is 0 Å². The molecule has 8 heteroatoms. The highest BCUT2D eigenvalue weighted by molar-refractivity contribution is 7.93. The van der Waals surface area contributed by atoms with Crippen LogP contribution in [-0.4, -0.2) is 20.4 Å². The Hall–Kier alpha value is -1.76. The maximum absolute atomic E-state index is 13.2. The first-order valence-corrected chi connectivity index (χ1v) is 9.33. The van der Waals surface area contributed by atoms with Gasteiger partial charge in [0.2, 0.25) is 5.91 Å². The van der Waals surface area contributed by atoms with Crippen LogP contribution in [0.15, 0.2) is 41.3 Å². The number of nitrogens with zero attached hydrogens (tertiary/aromatic N) is 1. The number of aryl methyl sites for hydroxylation is 1. The number of nitrogens with one attached hydrogen (secondary N) is 1. The number of hydrogen-bond acceptors (Lipinski definition) is 3. The molecule has 0 fully saturated rings. The van der Waals surface area contributed by atoms with Crippen LogP contribution in [0.1, 0.15) is 12.5 Å². The summed E-state index contributed by atoms with van der Waals surface area (Å²) in [7, 11) is -4.05. The predicted molar refractivity (Wildman–Crippen MR) is 95.4 cm³/mol. The second-order valence-corrected chi connectivity index (χ2v) is 8.11. The minimum atomic E-state index is -4.05. The molecule has 1 heterocycles. The summed E-state index contributed by atoms with van der Waals surface area (Å²) in [6.45, 7) is 3.22. The van der Waals surface area contributed by atoms with E-state index < -0.39 is 22.0 Å². The molecule has 0 aliphatic carbocycles. The van der Waals surface area contributed by atoms with Crippen LogP contribution in [0.3, 0.4) is 0 Å². The SMILES string of the molecule is Cc1cc(S(=O)(=O)N2c3ccccc3NC(=O)C2C)c(Cl)cc1Cl. The van der Waals surface area contributed by atoms with Crippen molar-refractivity contribution in [2.45, 2.75) is 24.8 Å². The molecule has 5 nitrogen and oxygen atoms in total. The minimum Gasteiger partial charge on any atom is -0.322 e. The predicted octanol–water partition coefficient (Wildman–Crippen LogP) is 3.84. The first-order chi connectivity index (χ1) is 11.2. The Morgan fingerprint density at radius 3 is 2.50 bits per heavy atom. The van der Waals surface area contributed by atoms with Crippen LogP contribution >= 0.6 is 23.2 Å². The quantitative estimate of drug-likeness (QED) is 0.854. The molecule has 1 unspecified atom stereocenters. The lowest BCUT2D eigenvalue weighted by atomic mass is 10.1. The van der Waals surface area contributed by atoms with Crippen LogP contribution in [0.25, 0.3) is 0 Å². The summed E-state index contributed by atoms with van der Waals surface area (Å²) in [4.78, 5) is 12.1. The van der Waals surface area contributed by atoms with Gasteiger partial charge >= 0.3 is 0 Å². The number of amides is 1. The summed E-state index contributed by atoms with van der Waals surface area (Å²) < 4.78 is 27.5. The van der Waals surface area contributed by atoms with Gasteiger partial charge in [0.15, 0.2) is 0 Å². The van der Waals surface area contributed by atoms with Gasteiger partial charge in [-0.3, -0.25) is 9.10 Å². The molecule has 0 saturated carbocycles.